The molecular weight excluding hydrogens is 429 g/mol. The van der Waals surface area contributed by atoms with Crippen LogP contribution in [0.1, 0.15) is 18.4 Å². The van der Waals surface area contributed by atoms with Gasteiger partial charge in [-0.3, -0.25) is 9.72 Å². The molecule has 0 N–H and O–H groups in total. The monoisotopic (exact) mass is 445 g/mol. The Hall–Kier alpha value is -2.59. The molecule has 1 aromatic carbocycles. The highest BCUT2D eigenvalue weighted by molar-refractivity contribution is 7.90. The summed E-state index contributed by atoms with van der Waals surface area (Å²) in [4.78, 5) is 3.14. The molecule has 0 saturated carbocycles. The quantitative estimate of drug-likeness (QED) is 0.495. The minimum atomic E-state index is -4.83. The summed E-state index contributed by atoms with van der Waals surface area (Å²) >= 11 is 0. The van der Waals surface area contributed by atoms with E-state index in [2.05, 4.69) is 9.72 Å². The first-order valence-electron chi connectivity index (χ1n) is 8.58. The number of hydrogen-bond acceptors (Lipinski definition) is 4. The van der Waals surface area contributed by atoms with E-state index in [-0.39, 0.29) is 11.1 Å². The summed E-state index contributed by atoms with van der Waals surface area (Å²) in [6, 6.07) is 2.88. The average molecular weight is 445 g/mol. The molecule has 0 amide bonds. The first-order valence-corrected chi connectivity index (χ1v) is 10.5. The molecule has 2 aromatic rings. The van der Waals surface area contributed by atoms with Gasteiger partial charge in [0.25, 0.3) is 0 Å². The summed E-state index contributed by atoms with van der Waals surface area (Å²) in [5, 5.41) is 0. The molecule has 0 aliphatic heterocycles. The number of ether oxygens (including phenoxy) is 1. The van der Waals surface area contributed by atoms with E-state index in [1.807, 2.05) is 0 Å². The normalized spacial score (nSPS) is 21.8. The molecule has 0 unspecified atom stereocenters. The number of alkyl halides is 3. The number of allylic oxidation sites excluding steroid dienone is 2. The second-order valence-electron chi connectivity index (χ2n) is 6.97. The van der Waals surface area contributed by atoms with Crippen molar-refractivity contribution < 1.29 is 35.1 Å². The number of sulfone groups is 1. The van der Waals surface area contributed by atoms with Crippen LogP contribution in [0.5, 0.6) is 0 Å². The van der Waals surface area contributed by atoms with Crippen LogP contribution < -0.4 is 0 Å². The third-order valence-electron chi connectivity index (χ3n) is 4.53. The molecule has 1 aliphatic carbocycles. The van der Waals surface area contributed by atoms with E-state index in [0.29, 0.717) is 11.6 Å². The Bertz CT molecular complexity index is 1130. The molecule has 0 atom stereocenters. The van der Waals surface area contributed by atoms with Crippen LogP contribution in [0.3, 0.4) is 0 Å². The summed E-state index contributed by atoms with van der Waals surface area (Å²) in [5.41, 5.74) is -1.30. The third kappa shape index (κ3) is 4.76. The van der Waals surface area contributed by atoms with Crippen molar-refractivity contribution in [3.05, 3.63) is 72.1 Å². The lowest BCUT2D eigenvalue weighted by atomic mass is 9.86. The molecule has 160 valence electrons. The summed E-state index contributed by atoms with van der Waals surface area (Å²) in [5.74, 6) is -2.66. The molecule has 10 heteroatoms. The van der Waals surface area contributed by atoms with Crippen molar-refractivity contribution in [3.63, 3.8) is 0 Å². The predicted octanol–water partition coefficient (Wildman–Crippen LogP) is 4.94. The molecular formula is C20H16F5NO3S. The van der Waals surface area contributed by atoms with Crippen molar-refractivity contribution in [2.75, 3.05) is 6.26 Å². The fraction of sp³-hybridized carbons (Fsp3) is 0.250. The largest absolute Gasteiger partial charge is 0.523 e. The number of halogens is 5. The van der Waals surface area contributed by atoms with Crippen LogP contribution >= 0.6 is 0 Å². The second-order valence-corrected chi connectivity index (χ2v) is 8.96. The van der Waals surface area contributed by atoms with Gasteiger partial charge in [0.15, 0.2) is 9.84 Å². The fourth-order valence-corrected chi connectivity index (χ4v) is 3.90. The zero-order valence-electron chi connectivity index (χ0n) is 15.7. The first kappa shape index (κ1) is 22.1. The summed E-state index contributed by atoms with van der Waals surface area (Å²) in [6.07, 6.45) is 3.94. The summed E-state index contributed by atoms with van der Waals surface area (Å²) in [7, 11) is -3.97. The highest BCUT2D eigenvalue weighted by atomic mass is 32.2. The molecule has 1 aliphatic rings. The number of nitrogens with zero attached hydrogens (tertiary/aromatic N) is 1. The lowest BCUT2D eigenvalue weighted by molar-refractivity contribution is -0.348. The van der Waals surface area contributed by atoms with Crippen molar-refractivity contribution >= 4 is 9.84 Å². The average Bonchev–Trinajstić information content (AvgIpc) is 2.61. The molecule has 30 heavy (non-hydrogen) atoms. The molecule has 1 heterocycles. The first-order chi connectivity index (χ1) is 13.8. The van der Waals surface area contributed by atoms with Gasteiger partial charge in [-0.05, 0) is 30.7 Å². The topological polar surface area (TPSA) is 56.3 Å². The summed E-state index contributed by atoms with van der Waals surface area (Å²) < 4.78 is 94.0. The minimum Gasteiger partial charge on any atom is -0.277 e. The van der Waals surface area contributed by atoms with Gasteiger partial charge in [0.05, 0.1) is 0 Å². The number of benzene rings is 1. The van der Waals surface area contributed by atoms with Gasteiger partial charge in [0.1, 0.15) is 22.1 Å². The number of hydrogen-bond donors (Lipinski definition) is 0. The zero-order valence-corrected chi connectivity index (χ0v) is 16.6. The maximum atomic E-state index is 14.7. The van der Waals surface area contributed by atoms with E-state index in [1.165, 1.54) is 49.7 Å². The lowest BCUT2D eigenvalue weighted by Gasteiger charge is -2.28. The smallest absolute Gasteiger partial charge is 0.277 e. The molecule has 0 saturated heterocycles. The Kier molecular flexibility index (Phi) is 5.59. The second kappa shape index (κ2) is 7.59. The van der Waals surface area contributed by atoms with Crippen LogP contribution in [0.2, 0.25) is 0 Å². The molecule has 0 radical (unpaired) electrons. The highest BCUT2D eigenvalue weighted by Crippen LogP contribution is 2.37. The SMILES string of the molecule is CC1(OC(F)(F)F)C=CC(c2ccncc2-c2cc(F)c(S(C)(=O)=O)cc2F)C=C1. The number of aromatic nitrogens is 1. The van der Waals surface area contributed by atoms with Crippen molar-refractivity contribution in [1.82, 2.24) is 4.98 Å². The Labute approximate surface area is 169 Å². The fourth-order valence-electron chi connectivity index (χ4n) is 3.17. The van der Waals surface area contributed by atoms with Gasteiger partial charge in [-0.15, -0.1) is 13.2 Å². The Morgan fingerprint density at radius 1 is 1.07 bits per heavy atom. The number of rotatable bonds is 4. The van der Waals surface area contributed by atoms with E-state index < -0.39 is 44.2 Å². The Balaban J connectivity index is 2.02. The van der Waals surface area contributed by atoms with E-state index in [4.69, 9.17) is 0 Å². The van der Waals surface area contributed by atoms with Crippen molar-refractivity contribution in [2.24, 2.45) is 0 Å². The van der Waals surface area contributed by atoms with Gasteiger partial charge in [-0.1, -0.05) is 24.3 Å². The van der Waals surface area contributed by atoms with Gasteiger partial charge >= 0.3 is 6.36 Å². The van der Waals surface area contributed by atoms with Gasteiger partial charge < -0.3 is 0 Å². The maximum Gasteiger partial charge on any atom is 0.523 e. The van der Waals surface area contributed by atoms with Gasteiger partial charge in [0, 0.05) is 35.7 Å². The standard InChI is InChI=1S/C20H16F5NO3S/c1-19(29-20(23,24)25)6-3-12(4-7-19)13-5-8-26-11-15(13)14-9-17(22)18(10-16(14)21)30(2,27)28/h3-12H,1-2H3. The lowest BCUT2D eigenvalue weighted by Crippen LogP contribution is -2.33. The Morgan fingerprint density at radius 3 is 2.27 bits per heavy atom. The van der Waals surface area contributed by atoms with Crippen LogP contribution in [0.25, 0.3) is 11.1 Å². The third-order valence-corrected chi connectivity index (χ3v) is 5.64. The zero-order chi connectivity index (χ0) is 22.3. The van der Waals surface area contributed by atoms with E-state index in [9.17, 15) is 30.4 Å². The highest BCUT2D eigenvalue weighted by Gasteiger charge is 2.39. The molecule has 4 nitrogen and oxygen atoms in total. The van der Waals surface area contributed by atoms with Crippen LogP contribution in [-0.4, -0.2) is 31.6 Å². The van der Waals surface area contributed by atoms with Crippen LogP contribution in [0.4, 0.5) is 22.0 Å². The van der Waals surface area contributed by atoms with Crippen LogP contribution in [-0.2, 0) is 14.6 Å². The van der Waals surface area contributed by atoms with Gasteiger partial charge in [-0.25, -0.2) is 17.2 Å². The van der Waals surface area contributed by atoms with Gasteiger partial charge in [-0.2, -0.15) is 0 Å². The number of pyridine rings is 1. The van der Waals surface area contributed by atoms with Crippen molar-refractivity contribution in [3.8, 4) is 11.1 Å². The van der Waals surface area contributed by atoms with E-state index in [1.54, 1.807) is 0 Å². The molecule has 0 spiro atoms. The van der Waals surface area contributed by atoms with E-state index in [0.717, 1.165) is 12.3 Å². The molecule has 1 aromatic heterocycles. The van der Waals surface area contributed by atoms with Gasteiger partial charge in [0.2, 0.25) is 0 Å². The minimum absolute atomic E-state index is 0.175. The van der Waals surface area contributed by atoms with E-state index >= 15 is 0 Å². The van der Waals surface area contributed by atoms with Crippen molar-refractivity contribution in [2.45, 2.75) is 29.7 Å². The summed E-state index contributed by atoms with van der Waals surface area (Å²) in [6.45, 7) is 1.23. The van der Waals surface area contributed by atoms with Crippen molar-refractivity contribution in [1.29, 1.82) is 0 Å². The molecule has 0 bridgehead atoms. The molecule has 3 rings (SSSR count). The Morgan fingerprint density at radius 2 is 1.70 bits per heavy atom. The molecule has 0 fully saturated rings. The maximum absolute atomic E-state index is 14.7. The van der Waals surface area contributed by atoms with Crippen LogP contribution in [0, 0.1) is 11.6 Å². The predicted molar refractivity (Wildman–Crippen MR) is 99.3 cm³/mol. The van der Waals surface area contributed by atoms with Crippen LogP contribution in [0.15, 0.2) is 59.8 Å².